The standard InChI is InChI=1S/C7H11ClN2S/c1-5-7(10-4-9-5)6(11)2-3-8/h4,6,11H,2-3H2,1H3,(H,9,10). The Kier molecular flexibility index (Phi) is 3.27. The van der Waals surface area contributed by atoms with Crippen molar-refractivity contribution in [2.24, 2.45) is 0 Å². The molecule has 1 atom stereocenters. The molecule has 0 spiro atoms. The van der Waals surface area contributed by atoms with Gasteiger partial charge in [0, 0.05) is 11.1 Å². The number of H-pyrrole nitrogens is 1. The Hall–Kier alpha value is -0.150. The summed E-state index contributed by atoms with van der Waals surface area (Å²) in [6.45, 7) is 1.96. The monoisotopic (exact) mass is 190 g/mol. The van der Waals surface area contributed by atoms with Crippen LogP contribution in [0.4, 0.5) is 0 Å². The molecule has 1 aromatic heterocycles. The smallest absolute Gasteiger partial charge is 0.0925 e. The quantitative estimate of drug-likeness (QED) is 0.556. The van der Waals surface area contributed by atoms with E-state index in [4.69, 9.17) is 11.6 Å². The van der Waals surface area contributed by atoms with Crippen LogP contribution in [0.2, 0.25) is 0 Å². The minimum atomic E-state index is 0.190. The molecule has 0 saturated carbocycles. The van der Waals surface area contributed by atoms with Gasteiger partial charge in [0.1, 0.15) is 0 Å². The Balaban J connectivity index is 2.67. The first-order valence-electron chi connectivity index (χ1n) is 3.49. The van der Waals surface area contributed by atoms with Crippen molar-refractivity contribution in [2.75, 3.05) is 5.88 Å². The molecule has 62 valence electrons. The molecule has 0 fully saturated rings. The van der Waals surface area contributed by atoms with Gasteiger partial charge in [0.25, 0.3) is 0 Å². The zero-order valence-corrected chi connectivity index (χ0v) is 7.99. The van der Waals surface area contributed by atoms with E-state index in [1.807, 2.05) is 6.92 Å². The number of thiol groups is 1. The number of aromatic nitrogens is 2. The lowest BCUT2D eigenvalue weighted by molar-refractivity contribution is 0.870. The second kappa shape index (κ2) is 4.02. The highest BCUT2D eigenvalue weighted by atomic mass is 35.5. The van der Waals surface area contributed by atoms with E-state index in [1.54, 1.807) is 6.33 Å². The summed E-state index contributed by atoms with van der Waals surface area (Å²) >= 11 is 9.96. The van der Waals surface area contributed by atoms with Crippen LogP contribution in [0.5, 0.6) is 0 Å². The third-order valence-corrected chi connectivity index (χ3v) is 2.32. The van der Waals surface area contributed by atoms with Crippen molar-refractivity contribution in [1.82, 2.24) is 9.97 Å². The number of hydrogen-bond acceptors (Lipinski definition) is 2. The summed E-state index contributed by atoms with van der Waals surface area (Å²) in [4.78, 5) is 7.12. The predicted molar refractivity (Wildman–Crippen MR) is 50.4 cm³/mol. The highest BCUT2D eigenvalue weighted by Gasteiger charge is 2.09. The lowest BCUT2D eigenvalue weighted by atomic mass is 10.2. The van der Waals surface area contributed by atoms with Crippen LogP contribution in [-0.2, 0) is 0 Å². The van der Waals surface area contributed by atoms with Gasteiger partial charge < -0.3 is 4.98 Å². The molecular weight excluding hydrogens is 180 g/mol. The van der Waals surface area contributed by atoms with Crippen LogP contribution in [0.25, 0.3) is 0 Å². The summed E-state index contributed by atoms with van der Waals surface area (Å²) in [6.07, 6.45) is 2.55. The van der Waals surface area contributed by atoms with E-state index in [0.717, 1.165) is 17.8 Å². The number of nitrogens with zero attached hydrogens (tertiary/aromatic N) is 1. The Bertz CT molecular complexity index is 224. The zero-order chi connectivity index (χ0) is 8.27. The molecule has 0 radical (unpaired) electrons. The average Bonchev–Trinajstić information content (AvgIpc) is 2.36. The van der Waals surface area contributed by atoms with Crippen LogP contribution in [0.3, 0.4) is 0 Å². The Morgan fingerprint density at radius 2 is 2.55 bits per heavy atom. The van der Waals surface area contributed by atoms with Gasteiger partial charge in [0.15, 0.2) is 0 Å². The molecule has 11 heavy (non-hydrogen) atoms. The fraction of sp³-hybridized carbons (Fsp3) is 0.571. The molecule has 0 bridgehead atoms. The molecule has 1 N–H and O–H groups in total. The van der Waals surface area contributed by atoms with Crippen LogP contribution in [0.1, 0.15) is 23.1 Å². The maximum Gasteiger partial charge on any atom is 0.0925 e. The summed E-state index contributed by atoms with van der Waals surface area (Å²) < 4.78 is 0. The molecule has 0 amide bonds. The molecule has 1 heterocycles. The van der Waals surface area contributed by atoms with Gasteiger partial charge in [-0.05, 0) is 13.3 Å². The first-order valence-corrected chi connectivity index (χ1v) is 4.54. The van der Waals surface area contributed by atoms with Crippen molar-refractivity contribution < 1.29 is 0 Å². The predicted octanol–water partition coefficient (Wildman–Crippen LogP) is 2.32. The third kappa shape index (κ3) is 2.14. The number of nitrogens with one attached hydrogen (secondary N) is 1. The lowest BCUT2D eigenvalue weighted by Crippen LogP contribution is -1.94. The molecule has 1 aromatic rings. The van der Waals surface area contributed by atoms with E-state index in [0.29, 0.717) is 5.88 Å². The van der Waals surface area contributed by atoms with Crippen molar-refractivity contribution in [2.45, 2.75) is 18.6 Å². The molecule has 0 aliphatic heterocycles. The summed E-state index contributed by atoms with van der Waals surface area (Å²) in [5.74, 6) is 0.632. The van der Waals surface area contributed by atoms with E-state index < -0.39 is 0 Å². The zero-order valence-electron chi connectivity index (χ0n) is 6.34. The maximum atomic E-state index is 5.58. The summed E-state index contributed by atoms with van der Waals surface area (Å²) in [5, 5.41) is 0.190. The largest absolute Gasteiger partial charge is 0.347 e. The van der Waals surface area contributed by atoms with Gasteiger partial charge in [-0.15, -0.1) is 11.6 Å². The minimum absolute atomic E-state index is 0.190. The Morgan fingerprint density at radius 3 is 3.00 bits per heavy atom. The highest BCUT2D eigenvalue weighted by molar-refractivity contribution is 7.80. The molecule has 0 aliphatic rings. The summed E-state index contributed by atoms with van der Waals surface area (Å²) in [5.41, 5.74) is 2.09. The topological polar surface area (TPSA) is 28.7 Å². The van der Waals surface area contributed by atoms with E-state index in [-0.39, 0.29) is 5.25 Å². The number of imidazole rings is 1. The van der Waals surface area contributed by atoms with Crippen LogP contribution >= 0.6 is 24.2 Å². The van der Waals surface area contributed by atoms with Crippen LogP contribution in [-0.4, -0.2) is 15.8 Å². The first kappa shape index (κ1) is 8.94. The summed E-state index contributed by atoms with van der Waals surface area (Å²) in [7, 11) is 0. The fourth-order valence-electron chi connectivity index (χ4n) is 0.958. The van der Waals surface area contributed by atoms with Crippen molar-refractivity contribution in [3.63, 3.8) is 0 Å². The fourth-order valence-corrected chi connectivity index (χ4v) is 1.72. The number of aromatic amines is 1. The molecule has 2 nitrogen and oxygen atoms in total. The SMILES string of the molecule is Cc1nc[nH]c1C(S)CCCl. The van der Waals surface area contributed by atoms with Crippen LogP contribution in [0.15, 0.2) is 6.33 Å². The van der Waals surface area contributed by atoms with Gasteiger partial charge >= 0.3 is 0 Å². The van der Waals surface area contributed by atoms with E-state index in [9.17, 15) is 0 Å². The van der Waals surface area contributed by atoms with Crippen molar-refractivity contribution >= 4 is 24.2 Å². The molecule has 0 aliphatic carbocycles. The number of alkyl halides is 1. The maximum absolute atomic E-state index is 5.58. The molecule has 0 saturated heterocycles. The Morgan fingerprint density at radius 1 is 1.82 bits per heavy atom. The number of aryl methyl sites for hydroxylation is 1. The van der Waals surface area contributed by atoms with E-state index in [2.05, 4.69) is 22.6 Å². The number of rotatable bonds is 3. The van der Waals surface area contributed by atoms with Crippen LogP contribution < -0.4 is 0 Å². The lowest BCUT2D eigenvalue weighted by Gasteiger charge is -2.06. The number of halogens is 1. The van der Waals surface area contributed by atoms with Gasteiger partial charge in [-0.2, -0.15) is 12.6 Å². The molecular formula is C7H11ClN2S. The average molecular weight is 191 g/mol. The molecule has 0 aromatic carbocycles. The van der Waals surface area contributed by atoms with Crippen molar-refractivity contribution in [3.8, 4) is 0 Å². The minimum Gasteiger partial charge on any atom is -0.347 e. The first-order chi connectivity index (χ1) is 5.25. The van der Waals surface area contributed by atoms with Gasteiger partial charge in [0.05, 0.1) is 17.7 Å². The molecule has 4 heteroatoms. The van der Waals surface area contributed by atoms with E-state index in [1.165, 1.54) is 0 Å². The van der Waals surface area contributed by atoms with Crippen molar-refractivity contribution in [3.05, 3.63) is 17.7 Å². The normalized spacial score (nSPS) is 13.4. The summed E-state index contributed by atoms with van der Waals surface area (Å²) in [6, 6.07) is 0. The van der Waals surface area contributed by atoms with Gasteiger partial charge in [-0.3, -0.25) is 0 Å². The third-order valence-electron chi connectivity index (χ3n) is 1.58. The van der Waals surface area contributed by atoms with Gasteiger partial charge in [-0.1, -0.05) is 0 Å². The van der Waals surface area contributed by atoms with Crippen LogP contribution in [0, 0.1) is 6.92 Å². The molecule has 1 unspecified atom stereocenters. The Labute approximate surface area is 76.8 Å². The second-order valence-corrected chi connectivity index (χ2v) is 3.40. The molecule has 1 rings (SSSR count). The highest BCUT2D eigenvalue weighted by Crippen LogP contribution is 2.23. The van der Waals surface area contributed by atoms with Gasteiger partial charge in [-0.25, -0.2) is 4.98 Å². The van der Waals surface area contributed by atoms with Crippen molar-refractivity contribution in [1.29, 1.82) is 0 Å². The van der Waals surface area contributed by atoms with Gasteiger partial charge in [0.2, 0.25) is 0 Å². The van der Waals surface area contributed by atoms with E-state index >= 15 is 0 Å². The second-order valence-electron chi connectivity index (χ2n) is 2.40. The number of hydrogen-bond donors (Lipinski definition) is 2.